The Morgan fingerprint density at radius 1 is 1.00 bits per heavy atom. The van der Waals surface area contributed by atoms with Gasteiger partial charge in [-0.2, -0.15) is 0 Å². The molecule has 0 fully saturated rings. The number of anilines is 2. The van der Waals surface area contributed by atoms with Crippen molar-refractivity contribution in [1.29, 1.82) is 0 Å². The average molecular weight is 354 g/mol. The molecule has 0 bridgehead atoms. The number of carbonyl (C=O) groups is 2. The highest BCUT2D eigenvalue weighted by atomic mass is 16.5. The van der Waals surface area contributed by atoms with Crippen LogP contribution in [0.1, 0.15) is 43.5 Å². The lowest BCUT2D eigenvalue weighted by Gasteiger charge is -2.15. The number of unbranched alkanes of at least 4 members (excludes halogenated alkanes) is 2. The summed E-state index contributed by atoms with van der Waals surface area (Å²) in [5, 5.41) is 2.85. The van der Waals surface area contributed by atoms with Crippen LogP contribution in [0.4, 0.5) is 11.4 Å². The molecule has 0 aliphatic carbocycles. The first-order valence-electron chi connectivity index (χ1n) is 8.90. The molecule has 0 aliphatic heterocycles. The topological polar surface area (TPSA) is 58.6 Å². The second kappa shape index (κ2) is 9.61. The molecule has 0 heterocycles. The van der Waals surface area contributed by atoms with E-state index in [4.69, 9.17) is 4.74 Å². The van der Waals surface area contributed by atoms with Gasteiger partial charge in [-0.3, -0.25) is 9.59 Å². The van der Waals surface area contributed by atoms with Crippen molar-refractivity contribution in [3.63, 3.8) is 0 Å². The van der Waals surface area contributed by atoms with E-state index in [1.807, 2.05) is 12.1 Å². The van der Waals surface area contributed by atoms with Gasteiger partial charge in [-0.1, -0.05) is 19.8 Å². The molecule has 0 aromatic heterocycles. The van der Waals surface area contributed by atoms with Crippen molar-refractivity contribution in [2.75, 3.05) is 23.9 Å². The van der Waals surface area contributed by atoms with E-state index in [-0.39, 0.29) is 11.8 Å². The number of amides is 2. The lowest BCUT2D eigenvalue weighted by Crippen LogP contribution is -2.22. The number of nitrogens with one attached hydrogen (secondary N) is 1. The molecule has 1 N–H and O–H groups in total. The lowest BCUT2D eigenvalue weighted by molar-refractivity contribution is -0.116. The molecule has 0 unspecified atom stereocenters. The summed E-state index contributed by atoms with van der Waals surface area (Å²) in [6.07, 6.45) is 3.35. The van der Waals surface area contributed by atoms with Crippen molar-refractivity contribution in [2.45, 2.75) is 33.1 Å². The van der Waals surface area contributed by atoms with Crippen LogP contribution in [0, 0.1) is 0 Å². The van der Waals surface area contributed by atoms with Gasteiger partial charge in [0.25, 0.3) is 5.91 Å². The van der Waals surface area contributed by atoms with Crippen LogP contribution >= 0.6 is 0 Å². The number of hydrogen-bond donors (Lipinski definition) is 1. The second-order valence-corrected chi connectivity index (χ2v) is 6.16. The quantitative estimate of drug-likeness (QED) is 0.711. The zero-order valence-electron chi connectivity index (χ0n) is 15.6. The van der Waals surface area contributed by atoms with Gasteiger partial charge in [-0.25, -0.2) is 0 Å². The number of carbonyl (C=O) groups excluding carboxylic acids is 2. The van der Waals surface area contributed by atoms with Crippen LogP contribution in [-0.4, -0.2) is 25.5 Å². The summed E-state index contributed by atoms with van der Waals surface area (Å²) in [5.74, 6) is 0.545. The minimum absolute atomic E-state index is 0.0428. The van der Waals surface area contributed by atoms with Crippen molar-refractivity contribution < 1.29 is 14.3 Å². The third-order valence-electron chi connectivity index (χ3n) is 4.12. The SMILES string of the molecule is CCCCCOc1ccc(C(=O)Nc2ccc(N(C)C(C)=O)cc2)cc1. The predicted octanol–water partition coefficient (Wildman–Crippen LogP) is 4.49. The summed E-state index contributed by atoms with van der Waals surface area (Å²) in [4.78, 5) is 25.2. The normalized spacial score (nSPS) is 10.3. The van der Waals surface area contributed by atoms with E-state index < -0.39 is 0 Å². The van der Waals surface area contributed by atoms with Crippen molar-refractivity contribution in [2.24, 2.45) is 0 Å². The lowest BCUT2D eigenvalue weighted by atomic mass is 10.2. The first kappa shape index (κ1) is 19.5. The summed E-state index contributed by atoms with van der Waals surface area (Å²) in [6, 6.07) is 14.3. The van der Waals surface area contributed by atoms with Crippen molar-refractivity contribution in [3.05, 3.63) is 54.1 Å². The van der Waals surface area contributed by atoms with Crippen LogP contribution in [-0.2, 0) is 4.79 Å². The minimum Gasteiger partial charge on any atom is -0.494 e. The van der Waals surface area contributed by atoms with Gasteiger partial charge in [0.1, 0.15) is 5.75 Å². The standard InChI is InChI=1S/C21H26N2O3/c1-4-5-6-15-26-20-13-7-17(8-14-20)21(25)22-18-9-11-19(12-10-18)23(3)16(2)24/h7-14H,4-6,15H2,1-3H3,(H,22,25). The summed E-state index contributed by atoms with van der Waals surface area (Å²) >= 11 is 0. The molecule has 0 saturated heterocycles. The van der Waals surface area contributed by atoms with E-state index in [0.717, 1.165) is 30.7 Å². The van der Waals surface area contributed by atoms with E-state index in [2.05, 4.69) is 12.2 Å². The molecule has 5 heteroatoms. The fraction of sp³-hybridized carbons (Fsp3) is 0.333. The Balaban J connectivity index is 1.92. The molecular weight excluding hydrogens is 328 g/mol. The van der Waals surface area contributed by atoms with E-state index in [0.29, 0.717) is 17.9 Å². The Kier molecular flexibility index (Phi) is 7.21. The highest BCUT2D eigenvalue weighted by Crippen LogP contribution is 2.18. The first-order valence-corrected chi connectivity index (χ1v) is 8.90. The first-order chi connectivity index (χ1) is 12.5. The predicted molar refractivity (Wildman–Crippen MR) is 105 cm³/mol. The van der Waals surface area contributed by atoms with Gasteiger partial charge >= 0.3 is 0 Å². The van der Waals surface area contributed by atoms with E-state index >= 15 is 0 Å². The van der Waals surface area contributed by atoms with Crippen LogP contribution in [0.3, 0.4) is 0 Å². The van der Waals surface area contributed by atoms with Crippen LogP contribution in [0.15, 0.2) is 48.5 Å². The van der Waals surface area contributed by atoms with Crippen LogP contribution < -0.4 is 15.0 Å². The molecule has 0 atom stereocenters. The van der Waals surface area contributed by atoms with Crippen LogP contribution in [0.5, 0.6) is 5.75 Å². The summed E-state index contributed by atoms with van der Waals surface area (Å²) in [5.41, 5.74) is 2.02. The molecule has 0 spiro atoms. The van der Waals surface area contributed by atoms with Gasteiger partial charge in [-0.15, -0.1) is 0 Å². The molecule has 2 amide bonds. The maximum Gasteiger partial charge on any atom is 0.255 e. The Hall–Kier alpha value is -2.82. The Morgan fingerprint density at radius 2 is 1.65 bits per heavy atom. The highest BCUT2D eigenvalue weighted by Gasteiger charge is 2.08. The average Bonchev–Trinajstić information content (AvgIpc) is 2.65. The third-order valence-corrected chi connectivity index (χ3v) is 4.12. The molecule has 0 aliphatic rings. The van der Waals surface area contributed by atoms with Crippen LogP contribution in [0.25, 0.3) is 0 Å². The van der Waals surface area contributed by atoms with E-state index in [9.17, 15) is 9.59 Å². The molecule has 138 valence electrons. The maximum absolute atomic E-state index is 12.3. The molecule has 2 rings (SSSR count). The number of ether oxygens (including phenoxy) is 1. The zero-order valence-corrected chi connectivity index (χ0v) is 15.6. The highest BCUT2D eigenvalue weighted by molar-refractivity contribution is 6.04. The molecule has 0 radical (unpaired) electrons. The minimum atomic E-state index is -0.185. The van der Waals surface area contributed by atoms with Crippen molar-refractivity contribution in [1.82, 2.24) is 0 Å². The van der Waals surface area contributed by atoms with Gasteiger partial charge in [0.2, 0.25) is 5.91 Å². The van der Waals surface area contributed by atoms with Crippen LogP contribution in [0.2, 0.25) is 0 Å². The molecule has 2 aromatic rings. The molecule has 26 heavy (non-hydrogen) atoms. The monoisotopic (exact) mass is 354 g/mol. The summed E-state index contributed by atoms with van der Waals surface area (Å²) < 4.78 is 5.65. The summed E-state index contributed by atoms with van der Waals surface area (Å²) in [7, 11) is 1.71. The fourth-order valence-corrected chi connectivity index (χ4v) is 2.40. The Labute approximate surface area is 155 Å². The Morgan fingerprint density at radius 3 is 2.23 bits per heavy atom. The second-order valence-electron chi connectivity index (χ2n) is 6.16. The number of benzene rings is 2. The van der Waals surface area contributed by atoms with E-state index in [1.54, 1.807) is 48.3 Å². The number of hydrogen-bond acceptors (Lipinski definition) is 3. The van der Waals surface area contributed by atoms with Crippen molar-refractivity contribution >= 4 is 23.2 Å². The smallest absolute Gasteiger partial charge is 0.255 e. The maximum atomic E-state index is 12.3. The van der Waals surface area contributed by atoms with Gasteiger partial charge in [0.15, 0.2) is 0 Å². The fourth-order valence-electron chi connectivity index (χ4n) is 2.40. The van der Waals surface area contributed by atoms with Gasteiger partial charge in [0, 0.05) is 30.9 Å². The third kappa shape index (κ3) is 5.62. The number of rotatable bonds is 8. The van der Waals surface area contributed by atoms with E-state index in [1.165, 1.54) is 6.92 Å². The zero-order chi connectivity index (χ0) is 18.9. The van der Waals surface area contributed by atoms with Gasteiger partial charge < -0.3 is 15.0 Å². The molecular formula is C21H26N2O3. The number of nitrogens with zero attached hydrogens (tertiary/aromatic N) is 1. The van der Waals surface area contributed by atoms with Gasteiger partial charge in [0.05, 0.1) is 6.61 Å². The molecule has 5 nitrogen and oxygen atoms in total. The van der Waals surface area contributed by atoms with Gasteiger partial charge in [-0.05, 0) is 55.0 Å². The van der Waals surface area contributed by atoms with Crippen molar-refractivity contribution in [3.8, 4) is 5.75 Å². The molecule has 0 saturated carbocycles. The Bertz CT molecular complexity index is 724. The summed E-state index contributed by atoms with van der Waals surface area (Å²) in [6.45, 7) is 4.36. The largest absolute Gasteiger partial charge is 0.494 e. The molecule has 2 aromatic carbocycles.